The molecule has 6 heteroatoms. The van der Waals surface area contributed by atoms with Gasteiger partial charge in [0.1, 0.15) is 5.15 Å². The van der Waals surface area contributed by atoms with Crippen molar-refractivity contribution in [2.75, 3.05) is 0 Å². The van der Waals surface area contributed by atoms with Crippen LogP contribution in [0.5, 0.6) is 0 Å². The lowest BCUT2D eigenvalue weighted by molar-refractivity contribution is 0.690. The van der Waals surface area contributed by atoms with Crippen LogP contribution < -0.4 is 0 Å². The van der Waals surface area contributed by atoms with E-state index in [1.165, 1.54) is 12.8 Å². The summed E-state index contributed by atoms with van der Waals surface area (Å²) in [5.41, 5.74) is 0.986. The Morgan fingerprint density at radius 3 is 2.42 bits per heavy atom. The second-order valence-electron chi connectivity index (χ2n) is 4.59. The van der Waals surface area contributed by atoms with E-state index in [-0.39, 0.29) is 0 Å². The first-order valence-electron chi connectivity index (χ1n) is 6.26. The number of rotatable bonds is 2. The second kappa shape index (κ2) is 5.51. The van der Waals surface area contributed by atoms with E-state index in [0.717, 1.165) is 23.0 Å². The molecule has 19 heavy (non-hydrogen) atoms. The molecule has 3 rings (SSSR count). The molecular formula is C13H12BrClN4. The van der Waals surface area contributed by atoms with Crippen molar-refractivity contribution in [1.29, 1.82) is 0 Å². The van der Waals surface area contributed by atoms with E-state index in [9.17, 15) is 0 Å². The molecule has 4 nitrogen and oxygen atoms in total. The van der Waals surface area contributed by atoms with Crippen LogP contribution in [0.2, 0.25) is 5.15 Å². The summed E-state index contributed by atoms with van der Waals surface area (Å²) in [6.07, 6.45) is 8.15. The second-order valence-corrected chi connectivity index (χ2v) is 5.74. The minimum Gasteiger partial charge on any atom is -0.234 e. The van der Waals surface area contributed by atoms with Gasteiger partial charge in [0.25, 0.3) is 0 Å². The van der Waals surface area contributed by atoms with Crippen LogP contribution >= 0.6 is 27.5 Å². The van der Waals surface area contributed by atoms with Gasteiger partial charge < -0.3 is 0 Å². The average molecular weight is 340 g/mol. The summed E-state index contributed by atoms with van der Waals surface area (Å²) >= 11 is 9.69. The van der Waals surface area contributed by atoms with E-state index in [1.54, 1.807) is 18.5 Å². The van der Waals surface area contributed by atoms with Crippen LogP contribution in [0.4, 0.5) is 0 Å². The molecule has 0 aromatic carbocycles. The van der Waals surface area contributed by atoms with Crippen molar-refractivity contribution in [3.63, 3.8) is 0 Å². The average Bonchev–Trinajstić information content (AvgIpc) is 2.96. The molecular weight excluding hydrogens is 328 g/mol. The Morgan fingerprint density at radius 1 is 1.05 bits per heavy atom. The van der Waals surface area contributed by atoms with Crippen LogP contribution in [0.3, 0.4) is 0 Å². The van der Waals surface area contributed by atoms with Gasteiger partial charge in [0.2, 0.25) is 0 Å². The van der Waals surface area contributed by atoms with E-state index in [0.29, 0.717) is 22.7 Å². The highest BCUT2D eigenvalue weighted by atomic mass is 79.9. The summed E-state index contributed by atoms with van der Waals surface area (Å²) in [5.74, 6) is 1.46. The summed E-state index contributed by atoms with van der Waals surface area (Å²) in [5, 5.41) is 0.430. The maximum atomic E-state index is 6.19. The van der Waals surface area contributed by atoms with E-state index in [4.69, 9.17) is 11.6 Å². The summed E-state index contributed by atoms with van der Waals surface area (Å²) in [4.78, 5) is 17.2. The molecule has 2 heterocycles. The third-order valence-electron chi connectivity index (χ3n) is 3.34. The van der Waals surface area contributed by atoms with Gasteiger partial charge in [0.05, 0.1) is 10.2 Å². The van der Waals surface area contributed by atoms with Crippen molar-refractivity contribution >= 4 is 27.5 Å². The normalized spacial score (nSPS) is 15.9. The largest absolute Gasteiger partial charge is 0.234 e. The highest BCUT2D eigenvalue weighted by Crippen LogP contribution is 2.39. The molecule has 0 radical (unpaired) electrons. The molecule has 1 aliphatic carbocycles. The number of nitrogens with zero attached hydrogens (tertiary/aromatic N) is 4. The first kappa shape index (κ1) is 12.9. The lowest BCUT2D eigenvalue weighted by Crippen LogP contribution is -2.04. The zero-order chi connectivity index (χ0) is 13.2. The van der Waals surface area contributed by atoms with E-state index < -0.39 is 0 Å². The Kier molecular flexibility index (Phi) is 3.75. The van der Waals surface area contributed by atoms with Gasteiger partial charge >= 0.3 is 0 Å². The van der Waals surface area contributed by atoms with Gasteiger partial charge in [-0.3, -0.25) is 0 Å². The molecule has 1 saturated carbocycles. The summed E-state index contributed by atoms with van der Waals surface area (Å²) in [7, 11) is 0. The van der Waals surface area contributed by atoms with Crippen molar-refractivity contribution in [2.24, 2.45) is 0 Å². The smallest absolute Gasteiger partial charge is 0.199 e. The van der Waals surface area contributed by atoms with Gasteiger partial charge in [-0.05, 0) is 34.8 Å². The molecule has 0 saturated heterocycles. The Bertz CT molecular complexity index is 585. The van der Waals surface area contributed by atoms with Crippen molar-refractivity contribution in [1.82, 2.24) is 19.9 Å². The molecule has 2 aromatic rings. The van der Waals surface area contributed by atoms with E-state index in [1.807, 2.05) is 0 Å². The fraction of sp³-hybridized carbons (Fsp3) is 0.385. The lowest BCUT2D eigenvalue weighted by Gasteiger charge is -2.12. The molecule has 0 unspecified atom stereocenters. The maximum absolute atomic E-state index is 6.19. The molecule has 98 valence electrons. The molecule has 0 bridgehead atoms. The fourth-order valence-electron chi connectivity index (χ4n) is 2.42. The first-order chi connectivity index (χ1) is 9.25. The zero-order valence-corrected chi connectivity index (χ0v) is 12.5. The van der Waals surface area contributed by atoms with E-state index in [2.05, 4.69) is 35.9 Å². The highest BCUT2D eigenvalue weighted by molar-refractivity contribution is 9.10. The molecule has 2 aromatic heterocycles. The Morgan fingerprint density at radius 2 is 1.74 bits per heavy atom. The number of aromatic nitrogens is 4. The van der Waals surface area contributed by atoms with Crippen LogP contribution in [-0.4, -0.2) is 19.9 Å². The van der Waals surface area contributed by atoms with Crippen LogP contribution in [0.1, 0.15) is 37.3 Å². The molecule has 0 atom stereocenters. The maximum Gasteiger partial charge on any atom is 0.199 e. The molecule has 1 fully saturated rings. The Hall–Kier alpha value is -1.07. The van der Waals surface area contributed by atoms with Gasteiger partial charge in [0, 0.05) is 18.3 Å². The summed E-state index contributed by atoms with van der Waals surface area (Å²) < 4.78 is 0.806. The number of hydrogen-bond acceptors (Lipinski definition) is 4. The van der Waals surface area contributed by atoms with Crippen molar-refractivity contribution in [3.05, 3.63) is 33.8 Å². The number of halogens is 2. The van der Waals surface area contributed by atoms with Crippen molar-refractivity contribution in [2.45, 2.75) is 31.6 Å². The SMILES string of the molecule is Clc1nc(-c2ncccn2)nc(C2CCCC2)c1Br. The van der Waals surface area contributed by atoms with Gasteiger partial charge in [0.15, 0.2) is 11.6 Å². The highest BCUT2D eigenvalue weighted by Gasteiger charge is 2.24. The zero-order valence-electron chi connectivity index (χ0n) is 10.2. The van der Waals surface area contributed by atoms with Crippen LogP contribution in [-0.2, 0) is 0 Å². The summed E-state index contributed by atoms with van der Waals surface area (Å²) in [6, 6.07) is 1.77. The van der Waals surface area contributed by atoms with Crippen molar-refractivity contribution < 1.29 is 0 Å². The number of hydrogen-bond donors (Lipinski definition) is 0. The van der Waals surface area contributed by atoms with Crippen LogP contribution in [0.15, 0.2) is 22.9 Å². The minimum absolute atomic E-state index is 0.430. The molecule has 0 spiro atoms. The van der Waals surface area contributed by atoms with Crippen LogP contribution in [0, 0.1) is 0 Å². The minimum atomic E-state index is 0.430. The Balaban J connectivity index is 2.07. The van der Waals surface area contributed by atoms with Crippen LogP contribution in [0.25, 0.3) is 11.6 Å². The summed E-state index contributed by atoms with van der Waals surface area (Å²) in [6.45, 7) is 0. The van der Waals surface area contributed by atoms with Gasteiger partial charge in [-0.15, -0.1) is 0 Å². The quantitative estimate of drug-likeness (QED) is 0.776. The molecule has 0 aliphatic heterocycles. The van der Waals surface area contributed by atoms with Gasteiger partial charge in [-0.2, -0.15) is 0 Å². The topological polar surface area (TPSA) is 51.6 Å². The fourth-order valence-corrected chi connectivity index (χ4v) is 3.10. The third-order valence-corrected chi connectivity index (χ3v) is 4.63. The van der Waals surface area contributed by atoms with E-state index >= 15 is 0 Å². The predicted molar refractivity (Wildman–Crippen MR) is 77.0 cm³/mol. The van der Waals surface area contributed by atoms with Gasteiger partial charge in [-0.25, -0.2) is 19.9 Å². The first-order valence-corrected chi connectivity index (χ1v) is 7.43. The molecule has 0 amide bonds. The monoisotopic (exact) mass is 338 g/mol. The Labute approximate surface area is 124 Å². The standard InChI is InChI=1S/C13H12BrClN4/c14-9-10(8-4-1-2-5-8)18-13(19-11(9)15)12-16-6-3-7-17-12/h3,6-8H,1-2,4-5H2. The van der Waals surface area contributed by atoms with Crippen molar-refractivity contribution in [3.8, 4) is 11.6 Å². The third kappa shape index (κ3) is 2.62. The molecule has 0 N–H and O–H groups in total. The lowest BCUT2D eigenvalue weighted by atomic mass is 10.0. The van der Waals surface area contributed by atoms with Gasteiger partial charge in [-0.1, -0.05) is 24.4 Å². The predicted octanol–water partition coefficient (Wildman–Crippen LogP) is 4.01. The molecule has 1 aliphatic rings.